The van der Waals surface area contributed by atoms with E-state index in [4.69, 9.17) is 0 Å². The van der Waals surface area contributed by atoms with E-state index in [1.807, 2.05) is 0 Å². The zero-order valence-corrected chi connectivity index (χ0v) is 3.68. The molecule has 38 valence electrons. The first-order chi connectivity index (χ1) is 3.34. The molecule has 1 aliphatic heterocycles. The molecule has 0 radical (unpaired) electrons. The third kappa shape index (κ3) is 0.493. The number of carbonyl (C=O) groups excluding carboxylic acids is 2. The van der Waals surface area contributed by atoms with Crippen molar-refractivity contribution >= 4 is 12.2 Å². The fraction of sp³-hybridized carbons (Fsp3) is 0.500. The van der Waals surface area contributed by atoms with E-state index in [9.17, 15) is 9.59 Å². The van der Waals surface area contributed by atoms with Gasteiger partial charge in [-0.05, 0) is 0 Å². The molecular formula is C4H5NO2. The van der Waals surface area contributed by atoms with Gasteiger partial charge in [-0.15, -0.1) is 0 Å². The van der Waals surface area contributed by atoms with Gasteiger partial charge in [0.2, 0.25) is 5.91 Å². The monoisotopic (exact) mass is 99.0 g/mol. The van der Waals surface area contributed by atoms with E-state index in [2.05, 4.69) is 5.32 Å². The Kier molecular flexibility index (Phi) is 0.817. The van der Waals surface area contributed by atoms with E-state index < -0.39 is 0 Å². The van der Waals surface area contributed by atoms with Crippen LogP contribution >= 0.6 is 0 Å². The van der Waals surface area contributed by atoms with Crippen LogP contribution in [0.25, 0.3) is 0 Å². The Balaban J connectivity index is 2.43. The predicted octanol–water partition coefficient (Wildman–Crippen LogP) is -1.07. The summed E-state index contributed by atoms with van der Waals surface area (Å²) in [6.45, 7) is 0.530. The first-order valence-electron chi connectivity index (χ1n) is 2.07. The number of nitrogens with one attached hydrogen (secondary N) is 1. The van der Waals surface area contributed by atoms with Crippen molar-refractivity contribution in [2.75, 3.05) is 6.54 Å². The van der Waals surface area contributed by atoms with Crippen molar-refractivity contribution in [3.8, 4) is 0 Å². The highest BCUT2D eigenvalue weighted by molar-refractivity contribution is 5.96. The molecule has 1 unspecified atom stereocenters. The molecule has 1 atom stereocenters. The first kappa shape index (κ1) is 4.30. The summed E-state index contributed by atoms with van der Waals surface area (Å²) in [4.78, 5) is 19.9. The van der Waals surface area contributed by atoms with Crippen molar-refractivity contribution in [3.63, 3.8) is 0 Å². The molecule has 0 spiro atoms. The van der Waals surface area contributed by atoms with Gasteiger partial charge in [0.05, 0.1) is 0 Å². The van der Waals surface area contributed by atoms with E-state index >= 15 is 0 Å². The predicted molar refractivity (Wildman–Crippen MR) is 22.6 cm³/mol. The zero-order chi connectivity index (χ0) is 5.28. The molecule has 7 heavy (non-hydrogen) atoms. The molecule has 1 saturated heterocycles. The summed E-state index contributed by atoms with van der Waals surface area (Å²) in [7, 11) is 0. The first-order valence-corrected chi connectivity index (χ1v) is 2.07. The molecule has 1 N–H and O–H groups in total. The van der Waals surface area contributed by atoms with E-state index in [1.165, 1.54) is 0 Å². The van der Waals surface area contributed by atoms with Crippen molar-refractivity contribution in [2.24, 2.45) is 5.92 Å². The number of carbonyl (C=O) groups is 2. The average molecular weight is 99.1 g/mol. The van der Waals surface area contributed by atoms with Gasteiger partial charge in [0.1, 0.15) is 12.2 Å². The van der Waals surface area contributed by atoms with Crippen LogP contribution in [0.5, 0.6) is 0 Å². The molecule has 3 heteroatoms. The lowest BCUT2D eigenvalue weighted by Crippen LogP contribution is -2.49. The summed E-state index contributed by atoms with van der Waals surface area (Å²) in [5.74, 6) is -0.491. The van der Waals surface area contributed by atoms with Crippen LogP contribution in [0.4, 0.5) is 0 Å². The molecule has 1 heterocycles. The Morgan fingerprint density at radius 2 is 2.57 bits per heavy atom. The fourth-order valence-corrected chi connectivity index (χ4v) is 0.413. The van der Waals surface area contributed by atoms with Crippen molar-refractivity contribution in [1.29, 1.82) is 0 Å². The van der Waals surface area contributed by atoms with Crippen LogP contribution < -0.4 is 5.32 Å². The van der Waals surface area contributed by atoms with Crippen LogP contribution in [0.1, 0.15) is 0 Å². The normalized spacial score (nSPS) is 28.0. The summed E-state index contributed by atoms with van der Waals surface area (Å²) in [5, 5.41) is 2.44. The van der Waals surface area contributed by atoms with Crippen molar-refractivity contribution < 1.29 is 9.59 Å². The highest BCUT2D eigenvalue weighted by atomic mass is 16.2. The Hall–Kier alpha value is -0.860. The molecule has 1 aliphatic rings. The van der Waals surface area contributed by atoms with Crippen molar-refractivity contribution in [1.82, 2.24) is 5.32 Å². The topological polar surface area (TPSA) is 46.2 Å². The van der Waals surface area contributed by atoms with Gasteiger partial charge in [0.25, 0.3) is 0 Å². The molecule has 0 aliphatic carbocycles. The maximum atomic E-state index is 10.1. The third-order valence-electron chi connectivity index (χ3n) is 0.997. The molecule has 0 aromatic heterocycles. The molecule has 0 aromatic rings. The lowest BCUT2D eigenvalue weighted by atomic mass is 10.1. The summed E-state index contributed by atoms with van der Waals surface area (Å²) >= 11 is 0. The molecule has 1 rings (SSSR count). The second-order valence-electron chi connectivity index (χ2n) is 1.49. The van der Waals surface area contributed by atoms with Gasteiger partial charge in [-0.3, -0.25) is 4.79 Å². The highest BCUT2D eigenvalue weighted by Crippen LogP contribution is 1.98. The number of amides is 1. The number of hydrogen-bond donors (Lipinski definition) is 1. The van der Waals surface area contributed by atoms with Gasteiger partial charge in [0.15, 0.2) is 0 Å². The molecule has 0 bridgehead atoms. The van der Waals surface area contributed by atoms with Crippen LogP contribution in [-0.2, 0) is 9.59 Å². The lowest BCUT2D eigenvalue weighted by Gasteiger charge is -2.19. The summed E-state index contributed by atoms with van der Waals surface area (Å²) in [6, 6.07) is 0. The number of hydrogen-bond acceptors (Lipinski definition) is 2. The highest BCUT2D eigenvalue weighted by Gasteiger charge is 2.25. The zero-order valence-electron chi connectivity index (χ0n) is 3.68. The third-order valence-corrected chi connectivity index (χ3v) is 0.997. The summed E-state index contributed by atoms with van der Waals surface area (Å²) in [5.41, 5.74) is 0. The van der Waals surface area contributed by atoms with E-state index in [1.54, 1.807) is 0 Å². The smallest absolute Gasteiger partial charge is 0.232 e. The minimum absolute atomic E-state index is 0.144. The van der Waals surface area contributed by atoms with Crippen molar-refractivity contribution in [3.05, 3.63) is 0 Å². The Bertz CT molecular complexity index is 110. The average Bonchev–Trinajstić information content (AvgIpc) is 1.65. The summed E-state index contributed by atoms with van der Waals surface area (Å²) < 4.78 is 0. The minimum Gasteiger partial charge on any atom is -0.354 e. The van der Waals surface area contributed by atoms with Crippen LogP contribution in [0.3, 0.4) is 0 Å². The van der Waals surface area contributed by atoms with Crippen molar-refractivity contribution in [2.45, 2.75) is 0 Å². The molecule has 1 fully saturated rings. The molecule has 0 aromatic carbocycles. The van der Waals surface area contributed by atoms with E-state index in [-0.39, 0.29) is 11.8 Å². The van der Waals surface area contributed by atoms with Gasteiger partial charge in [-0.1, -0.05) is 0 Å². The SMILES string of the molecule is O=CC1CNC1=O. The van der Waals surface area contributed by atoms with Crippen LogP contribution in [0.2, 0.25) is 0 Å². The van der Waals surface area contributed by atoms with Gasteiger partial charge in [-0.25, -0.2) is 0 Å². The number of aldehydes is 1. The maximum absolute atomic E-state index is 10.1. The van der Waals surface area contributed by atoms with Crippen LogP contribution in [-0.4, -0.2) is 18.7 Å². The van der Waals surface area contributed by atoms with E-state index in [0.717, 1.165) is 0 Å². The van der Waals surface area contributed by atoms with Gasteiger partial charge in [0, 0.05) is 6.54 Å². The molecule has 0 saturated carbocycles. The van der Waals surface area contributed by atoms with Gasteiger partial charge < -0.3 is 10.1 Å². The number of rotatable bonds is 1. The Labute approximate surface area is 40.7 Å². The second kappa shape index (κ2) is 1.33. The fourth-order valence-electron chi connectivity index (χ4n) is 0.413. The Morgan fingerprint density at radius 1 is 1.86 bits per heavy atom. The summed E-state index contributed by atoms with van der Waals surface area (Å²) in [6.07, 6.45) is 0.666. The molecule has 3 nitrogen and oxygen atoms in total. The van der Waals surface area contributed by atoms with Crippen LogP contribution in [0, 0.1) is 5.92 Å². The maximum Gasteiger partial charge on any atom is 0.232 e. The van der Waals surface area contributed by atoms with E-state index in [0.29, 0.717) is 12.8 Å². The molecular weight excluding hydrogens is 94.0 g/mol. The second-order valence-corrected chi connectivity index (χ2v) is 1.49. The van der Waals surface area contributed by atoms with Gasteiger partial charge >= 0.3 is 0 Å². The largest absolute Gasteiger partial charge is 0.354 e. The standard InChI is InChI=1S/C4H5NO2/c6-2-3-1-5-4(3)7/h2-3H,1H2,(H,5,7). The van der Waals surface area contributed by atoms with Gasteiger partial charge in [-0.2, -0.15) is 0 Å². The lowest BCUT2D eigenvalue weighted by molar-refractivity contribution is -0.134. The minimum atomic E-state index is -0.347. The Morgan fingerprint density at radius 3 is 2.57 bits per heavy atom. The quantitative estimate of drug-likeness (QED) is 0.258. The van der Waals surface area contributed by atoms with Crippen LogP contribution in [0.15, 0.2) is 0 Å². The number of β-lactam (4-membered cyclic amide) rings is 1. The molecule has 1 amide bonds.